The molecule has 0 unspecified atom stereocenters. The number of benzene rings is 9. The summed E-state index contributed by atoms with van der Waals surface area (Å²) in [6, 6.07) is 69.9. The van der Waals surface area contributed by atoms with Crippen LogP contribution in [0.5, 0.6) is 0 Å². The maximum atomic E-state index is 6.46. The summed E-state index contributed by atoms with van der Waals surface area (Å²) < 4.78 is 6.46. The Morgan fingerprint density at radius 1 is 0.235 bits per heavy atom. The van der Waals surface area contributed by atoms with Crippen molar-refractivity contribution in [3.63, 3.8) is 0 Å². The van der Waals surface area contributed by atoms with Gasteiger partial charge in [-0.2, -0.15) is 0 Å². The normalized spacial score (nSPS) is 11.5. The highest BCUT2D eigenvalue weighted by Gasteiger charge is 2.18. The number of hydrogen-bond donors (Lipinski definition) is 0. The third-order valence-corrected chi connectivity index (χ3v) is 10.3. The van der Waals surface area contributed by atoms with Gasteiger partial charge < -0.3 is 4.42 Å². The van der Waals surface area contributed by atoms with E-state index >= 15 is 0 Å². The van der Waals surface area contributed by atoms with Gasteiger partial charge in [0.1, 0.15) is 11.2 Å². The van der Waals surface area contributed by atoms with E-state index in [1.807, 2.05) is 12.1 Å². The fourth-order valence-corrected chi connectivity index (χ4v) is 7.96. The van der Waals surface area contributed by atoms with Crippen LogP contribution >= 0.6 is 0 Å². The summed E-state index contributed by atoms with van der Waals surface area (Å²) in [6.45, 7) is 0. The van der Waals surface area contributed by atoms with Crippen LogP contribution < -0.4 is 0 Å². The number of furan rings is 1. The molecule has 9 aromatic carbocycles. The molecule has 0 aliphatic heterocycles. The molecular weight excluding hydrogens is 617 g/mol. The molecule has 0 saturated carbocycles. The first-order valence-corrected chi connectivity index (χ1v) is 17.5. The van der Waals surface area contributed by atoms with Crippen molar-refractivity contribution in [3.05, 3.63) is 194 Å². The second-order valence-corrected chi connectivity index (χ2v) is 13.2. The third-order valence-electron chi connectivity index (χ3n) is 10.3. The average Bonchev–Trinajstić information content (AvgIpc) is 3.60. The lowest BCUT2D eigenvalue weighted by atomic mass is 9.85. The SMILES string of the molecule is c1ccc(-c2ccc(-c3c4ccccc4c(-c4ccc(-c5ccccc5-c5cccc6c5oc5ccccc56)cc4)c4ccccc34)cc2)cc1. The van der Waals surface area contributed by atoms with E-state index in [-0.39, 0.29) is 0 Å². The lowest BCUT2D eigenvalue weighted by molar-refractivity contribution is 0.670. The van der Waals surface area contributed by atoms with Gasteiger partial charge in [-0.05, 0) is 77.7 Å². The van der Waals surface area contributed by atoms with Crippen molar-refractivity contribution in [2.75, 3.05) is 0 Å². The van der Waals surface area contributed by atoms with Crippen LogP contribution in [0.2, 0.25) is 0 Å². The van der Waals surface area contributed by atoms with Crippen molar-refractivity contribution < 1.29 is 4.42 Å². The van der Waals surface area contributed by atoms with Gasteiger partial charge in [-0.25, -0.2) is 0 Å². The highest BCUT2D eigenvalue weighted by atomic mass is 16.3. The molecule has 10 aromatic rings. The van der Waals surface area contributed by atoms with Crippen LogP contribution in [-0.2, 0) is 0 Å². The van der Waals surface area contributed by atoms with Gasteiger partial charge >= 0.3 is 0 Å². The standard InChI is InChI=1S/C50H32O/c1-2-13-33(14-3-1)34-25-29-36(30-26-34)48-41-18-6-8-20-43(41)49(44-21-9-7-19-42(44)48)37-31-27-35(28-32-37)38-15-4-5-16-39(38)45-22-12-23-46-40-17-10-11-24-47(40)51-50(45)46/h1-32H. The summed E-state index contributed by atoms with van der Waals surface area (Å²) in [5.74, 6) is 0. The second-order valence-electron chi connectivity index (χ2n) is 13.2. The van der Waals surface area contributed by atoms with Gasteiger partial charge in [0.2, 0.25) is 0 Å². The molecule has 0 aliphatic rings. The monoisotopic (exact) mass is 648 g/mol. The molecule has 1 aromatic heterocycles. The van der Waals surface area contributed by atoms with Crippen LogP contribution in [0.1, 0.15) is 0 Å². The van der Waals surface area contributed by atoms with E-state index in [0.717, 1.165) is 33.1 Å². The zero-order valence-corrected chi connectivity index (χ0v) is 27.9. The van der Waals surface area contributed by atoms with Crippen molar-refractivity contribution in [1.82, 2.24) is 0 Å². The zero-order valence-electron chi connectivity index (χ0n) is 27.9. The van der Waals surface area contributed by atoms with Crippen molar-refractivity contribution in [2.24, 2.45) is 0 Å². The van der Waals surface area contributed by atoms with Gasteiger partial charge in [0.05, 0.1) is 0 Å². The molecular formula is C50H32O. The van der Waals surface area contributed by atoms with E-state index in [1.165, 1.54) is 66.1 Å². The Morgan fingerprint density at radius 3 is 1.25 bits per heavy atom. The zero-order chi connectivity index (χ0) is 33.7. The van der Waals surface area contributed by atoms with E-state index in [1.54, 1.807) is 0 Å². The molecule has 0 radical (unpaired) electrons. The molecule has 0 saturated heterocycles. The maximum absolute atomic E-state index is 6.46. The molecule has 1 heteroatoms. The molecule has 0 spiro atoms. The molecule has 51 heavy (non-hydrogen) atoms. The van der Waals surface area contributed by atoms with Crippen LogP contribution in [0.15, 0.2) is 199 Å². The lowest BCUT2D eigenvalue weighted by Gasteiger charge is -2.18. The number of para-hydroxylation sites is 2. The van der Waals surface area contributed by atoms with E-state index in [2.05, 4.69) is 182 Å². The minimum Gasteiger partial charge on any atom is -0.455 e. The number of fused-ring (bicyclic) bond motifs is 5. The Kier molecular flexibility index (Phi) is 6.89. The maximum Gasteiger partial charge on any atom is 0.143 e. The van der Waals surface area contributed by atoms with Gasteiger partial charge in [-0.1, -0.05) is 188 Å². The predicted molar refractivity (Wildman–Crippen MR) is 216 cm³/mol. The van der Waals surface area contributed by atoms with Gasteiger partial charge in [-0.3, -0.25) is 0 Å². The molecule has 10 rings (SSSR count). The minimum atomic E-state index is 0.913. The topological polar surface area (TPSA) is 13.1 Å². The largest absolute Gasteiger partial charge is 0.455 e. The molecule has 1 nitrogen and oxygen atoms in total. The van der Waals surface area contributed by atoms with Crippen molar-refractivity contribution in [1.29, 1.82) is 0 Å². The molecule has 0 fully saturated rings. The summed E-state index contributed by atoms with van der Waals surface area (Å²) in [5, 5.41) is 7.30. The minimum absolute atomic E-state index is 0.913. The summed E-state index contributed by atoms with van der Waals surface area (Å²) in [4.78, 5) is 0. The molecule has 0 amide bonds. The fourth-order valence-electron chi connectivity index (χ4n) is 7.96. The smallest absolute Gasteiger partial charge is 0.143 e. The summed E-state index contributed by atoms with van der Waals surface area (Å²) >= 11 is 0. The molecule has 0 bridgehead atoms. The highest BCUT2D eigenvalue weighted by molar-refractivity contribution is 6.21. The first kappa shape index (κ1) is 29.2. The van der Waals surface area contributed by atoms with Crippen LogP contribution in [0.4, 0.5) is 0 Å². The quantitative estimate of drug-likeness (QED) is 0.169. The highest BCUT2D eigenvalue weighted by Crippen LogP contribution is 2.45. The lowest BCUT2D eigenvalue weighted by Crippen LogP contribution is -1.91. The Balaban J connectivity index is 1.10. The van der Waals surface area contributed by atoms with E-state index in [4.69, 9.17) is 4.42 Å². The van der Waals surface area contributed by atoms with Crippen molar-refractivity contribution >= 4 is 43.5 Å². The Bertz CT molecular complexity index is 2820. The van der Waals surface area contributed by atoms with Crippen molar-refractivity contribution in [2.45, 2.75) is 0 Å². The fraction of sp³-hybridized carbons (Fsp3) is 0. The first-order chi connectivity index (χ1) is 25.3. The summed E-state index contributed by atoms with van der Waals surface area (Å²) in [5.41, 5.74) is 13.9. The first-order valence-electron chi connectivity index (χ1n) is 17.5. The van der Waals surface area contributed by atoms with Crippen LogP contribution in [-0.4, -0.2) is 0 Å². The predicted octanol–water partition coefficient (Wildman–Crippen LogP) is 14.2. The van der Waals surface area contributed by atoms with Crippen LogP contribution in [0.3, 0.4) is 0 Å². The average molecular weight is 649 g/mol. The van der Waals surface area contributed by atoms with Gasteiger partial charge in [0.25, 0.3) is 0 Å². The van der Waals surface area contributed by atoms with E-state index < -0.39 is 0 Å². The van der Waals surface area contributed by atoms with Gasteiger partial charge in [-0.15, -0.1) is 0 Å². The Morgan fingerprint density at radius 2 is 0.647 bits per heavy atom. The summed E-state index contributed by atoms with van der Waals surface area (Å²) in [7, 11) is 0. The van der Waals surface area contributed by atoms with Crippen LogP contribution in [0, 0.1) is 0 Å². The Hall–Kier alpha value is -6.70. The molecule has 238 valence electrons. The molecule has 0 aliphatic carbocycles. The van der Waals surface area contributed by atoms with E-state index in [9.17, 15) is 0 Å². The third kappa shape index (κ3) is 4.86. The van der Waals surface area contributed by atoms with Gasteiger partial charge in [0, 0.05) is 16.3 Å². The van der Waals surface area contributed by atoms with Crippen LogP contribution in [0.25, 0.3) is 99.1 Å². The molecule has 0 atom stereocenters. The second kappa shape index (κ2) is 12.0. The molecule has 1 heterocycles. The van der Waals surface area contributed by atoms with E-state index in [0.29, 0.717) is 0 Å². The summed E-state index contributed by atoms with van der Waals surface area (Å²) in [6.07, 6.45) is 0. The Labute approximate surface area is 296 Å². The van der Waals surface area contributed by atoms with Gasteiger partial charge in [0.15, 0.2) is 0 Å². The van der Waals surface area contributed by atoms with Crippen molar-refractivity contribution in [3.8, 4) is 55.6 Å². The molecule has 0 N–H and O–H groups in total. The number of hydrogen-bond acceptors (Lipinski definition) is 1. The number of rotatable bonds is 5.